The van der Waals surface area contributed by atoms with Crippen LogP contribution in [0.5, 0.6) is 0 Å². The van der Waals surface area contributed by atoms with Crippen molar-refractivity contribution in [2.75, 3.05) is 20.3 Å². The number of carbonyl (C=O) groups is 1. The molecule has 3 rings (SSSR count). The molecule has 230 valence electrons. The molecule has 1 amide bonds. The molecular weight excluding hydrogens is 534 g/mol. The third kappa shape index (κ3) is 10.2. The minimum atomic E-state index is -1.55. The number of amides is 1. The first-order chi connectivity index (χ1) is 19.2. The fraction of sp³-hybridized carbons (Fsp3) is 0.559. The van der Waals surface area contributed by atoms with Gasteiger partial charge < -0.3 is 20.8 Å². The van der Waals surface area contributed by atoms with E-state index in [9.17, 15) is 9.18 Å². The molecule has 0 saturated carbocycles. The standard InChI is InChI=1S/C32H46FN2O2P.C2H6.H2O/c1-5-25(35-24(2)22-37-4)16-10-7-6-8-15-21-32(30(36)34-23-31(3,33)38)28-19-12-9-11-17-26(28)27-18-13-14-20-29(27)32;1-2;/h9,12-14,17-20,25,35H,2,5-8,10-11,15-16,21-23,38H2,1,3-4H3,(H,34,36);1-2H3;1H2. The summed E-state index contributed by atoms with van der Waals surface area (Å²) in [6.07, 6.45) is 17.7. The van der Waals surface area contributed by atoms with Crippen LogP contribution < -0.4 is 10.6 Å². The Hall–Kier alpha value is -2.27. The number of nitrogens with one attached hydrogen (secondary N) is 2. The van der Waals surface area contributed by atoms with Gasteiger partial charge in [-0.1, -0.05) is 117 Å². The molecule has 0 aliphatic heterocycles. The van der Waals surface area contributed by atoms with E-state index in [4.69, 9.17) is 4.74 Å². The molecule has 4 atom stereocenters. The molecule has 0 bridgehead atoms. The average molecular weight is 589 g/mol. The van der Waals surface area contributed by atoms with E-state index in [1.54, 1.807) is 7.11 Å². The summed E-state index contributed by atoms with van der Waals surface area (Å²) in [6.45, 7) is 12.2. The largest absolute Gasteiger partial charge is 0.412 e. The lowest BCUT2D eigenvalue weighted by Crippen LogP contribution is -2.47. The maximum absolute atomic E-state index is 14.4. The van der Waals surface area contributed by atoms with Crippen LogP contribution in [0.15, 0.2) is 66.4 Å². The number of halogens is 1. The quantitative estimate of drug-likeness (QED) is 0.157. The van der Waals surface area contributed by atoms with Gasteiger partial charge in [0.05, 0.1) is 13.2 Å². The molecule has 0 radical (unpaired) electrons. The number of ether oxygens (including phenoxy) is 1. The lowest BCUT2D eigenvalue weighted by Gasteiger charge is -2.32. The number of hydrogen-bond acceptors (Lipinski definition) is 3. The van der Waals surface area contributed by atoms with Crippen LogP contribution >= 0.6 is 9.24 Å². The van der Waals surface area contributed by atoms with Gasteiger partial charge in [0, 0.05) is 18.8 Å². The van der Waals surface area contributed by atoms with E-state index in [2.05, 4.69) is 69.8 Å². The van der Waals surface area contributed by atoms with Gasteiger partial charge in [-0.05, 0) is 54.9 Å². The highest BCUT2D eigenvalue weighted by molar-refractivity contribution is 7.18. The van der Waals surface area contributed by atoms with Crippen molar-refractivity contribution < 1.29 is 19.4 Å². The van der Waals surface area contributed by atoms with Gasteiger partial charge >= 0.3 is 0 Å². The molecule has 0 heterocycles. The zero-order valence-electron chi connectivity index (χ0n) is 26.0. The summed E-state index contributed by atoms with van der Waals surface area (Å²) in [5.41, 5.74) is 4.49. The van der Waals surface area contributed by atoms with E-state index in [0.717, 1.165) is 79.3 Å². The highest BCUT2D eigenvalue weighted by Crippen LogP contribution is 2.53. The van der Waals surface area contributed by atoms with E-state index in [1.807, 2.05) is 26.0 Å². The molecule has 0 aromatic heterocycles. The van der Waals surface area contributed by atoms with Crippen LogP contribution in [0, 0.1) is 0 Å². The number of alkyl halides is 1. The summed E-state index contributed by atoms with van der Waals surface area (Å²) in [7, 11) is 3.87. The number of unbranched alkanes of at least 4 members (excludes halogenated alkanes) is 4. The van der Waals surface area contributed by atoms with Crippen molar-refractivity contribution >= 4 is 20.7 Å². The van der Waals surface area contributed by atoms with Crippen molar-refractivity contribution in [3.63, 3.8) is 0 Å². The number of methoxy groups -OCH3 is 1. The monoisotopic (exact) mass is 588 g/mol. The van der Waals surface area contributed by atoms with E-state index in [1.165, 1.54) is 6.92 Å². The summed E-state index contributed by atoms with van der Waals surface area (Å²) in [5, 5.41) is 4.88. The Kier molecular flexibility index (Phi) is 16.4. The van der Waals surface area contributed by atoms with Crippen LogP contribution in [0.4, 0.5) is 4.39 Å². The van der Waals surface area contributed by atoms with Gasteiger partial charge in [-0.15, -0.1) is 0 Å². The zero-order chi connectivity index (χ0) is 29.6. The molecule has 1 aromatic carbocycles. The van der Waals surface area contributed by atoms with Crippen molar-refractivity contribution in [2.45, 2.75) is 102 Å². The first-order valence-electron chi connectivity index (χ1n) is 15.1. The minimum Gasteiger partial charge on any atom is -0.412 e. The third-order valence-corrected chi connectivity index (χ3v) is 7.79. The maximum Gasteiger partial charge on any atom is 0.235 e. The van der Waals surface area contributed by atoms with Gasteiger partial charge in [-0.25, -0.2) is 4.39 Å². The number of hydrogen-bond donors (Lipinski definition) is 2. The molecule has 4 N–H and O–H groups in total. The lowest BCUT2D eigenvalue weighted by atomic mass is 9.72. The molecule has 4 unspecified atom stereocenters. The van der Waals surface area contributed by atoms with Gasteiger partial charge in [0.1, 0.15) is 10.8 Å². The molecule has 41 heavy (non-hydrogen) atoms. The molecular formula is C34H54FN2O3P. The Labute approximate surface area is 250 Å². The third-order valence-electron chi connectivity index (χ3n) is 7.59. The average Bonchev–Trinajstić information content (AvgIpc) is 3.05. The number of allylic oxidation sites excluding steroid dienone is 5. The van der Waals surface area contributed by atoms with Gasteiger partial charge in [-0.2, -0.15) is 0 Å². The van der Waals surface area contributed by atoms with Gasteiger partial charge in [-0.3, -0.25) is 4.79 Å². The number of rotatable bonds is 16. The Morgan fingerprint density at radius 1 is 1.20 bits per heavy atom. The van der Waals surface area contributed by atoms with Crippen LogP contribution in [0.3, 0.4) is 0 Å². The number of benzene rings is 1. The topological polar surface area (TPSA) is 81.9 Å². The summed E-state index contributed by atoms with van der Waals surface area (Å²) in [5.74, 6) is -0.102. The second-order valence-electron chi connectivity index (χ2n) is 10.9. The highest BCUT2D eigenvalue weighted by Gasteiger charge is 2.50. The summed E-state index contributed by atoms with van der Waals surface area (Å²) < 4.78 is 19.5. The Bertz CT molecular complexity index is 1060. The van der Waals surface area contributed by atoms with Crippen molar-refractivity contribution in [1.29, 1.82) is 0 Å². The molecule has 0 spiro atoms. The van der Waals surface area contributed by atoms with Crippen molar-refractivity contribution in [1.82, 2.24) is 10.6 Å². The smallest absolute Gasteiger partial charge is 0.235 e. The first kappa shape index (κ1) is 36.8. The van der Waals surface area contributed by atoms with E-state index in [-0.39, 0.29) is 17.9 Å². The summed E-state index contributed by atoms with van der Waals surface area (Å²) in [6, 6.07) is 8.67. The second-order valence-corrected chi connectivity index (χ2v) is 12.1. The molecule has 0 saturated heterocycles. The van der Waals surface area contributed by atoms with E-state index in [0.29, 0.717) is 19.1 Å². The van der Waals surface area contributed by atoms with E-state index >= 15 is 0 Å². The zero-order valence-corrected chi connectivity index (χ0v) is 27.1. The van der Waals surface area contributed by atoms with Crippen LogP contribution in [-0.4, -0.2) is 43.1 Å². The molecule has 5 nitrogen and oxygen atoms in total. The Balaban J connectivity index is 0.00000274. The van der Waals surface area contributed by atoms with Gasteiger partial charge in [0.2, 0.25) is 5.91 Å². The lowest BCUT2D eigenvalue weighted by molar-refractivity contribution is -0.125. The van der Waals surface area contributed by atoms with Crippen molar-refractivity contribution in [2.24, 2.45) is 0 Å². The fourth-order valence-electron chi connectivity index (χ4n) is 5.72. The maximum atomic E-state index is 14.4. The first-order valence-corrected chi connectivity index (χ1v) is 15.7. The predicted molar refractivity (Wildman–Crippen MR) is 176 cm³/mol. The van der Waals surface area contributed by atoms with Crippen LogP contribution in [0.2, 0.25) is 0 Å². The molecule has 0 fully saturated rings. The molecule has 7 heteroatoms. The SMILES string of the molecule is C=C(COC)NC(CC)CCCCCCCC1(C(=O)NCC(C)(F)P)C2=CC=CCC=C2c2ccccc21.CC.O. The second kappa shape index (κ2) is 18.3. The summed E-state index contributed by atoms with van der Waals surface area (Å²) >= 11 is 0. The number of fused-ring (bicyclic) bond motifs is 3. The Morgan fingerprint density at radius 2 is 1.88 bits per heavy atom. The predicted octanol–water partition coefficient (Wildman–Crippen LogP) is 7.35. The van der Waals surface area contributed by atoms with Crippen molar-refractivity contribution in [3.8, 4) is 0 Å². The normalized spacial score (nSPS) is 19.0. The molecule has 1 aromatic rings. The molecule has 2 aliphatic carbocycles. The molecule has 2 aliphatic rings. The highest BCUT2D eigenvalue weighted by atomic mass is 31.0. The van der Waals surface area contributed by atoms with Gasteiger partial charge in [0.15, 0.2) is 0 Å². The summed E-state index contributed by atoms with van der Waals surface area (Å²) in [4.78, 5) is 14.0. The Morgan fingerprint density at radius 3 is 2.56 bits per heavy atom. The fourth-order valence-corrected chi connectivity index (χ4v) is 5.82. The minimum absolute atomic E-state index is 0. The van der Waals surface area contributed by atoms with Crippen LogP contribution in [0.1, 0.15) is 96.6 Å². The van der Waals surface area contributed by atoms with Crippen LogP contribution in [0.25, 0.3) is 5.57 Å². The van der Waals surface area contributed by atoms with Crippen molar-refractivity contribution in [3.05, 3.63) is 77.5 Å². The van der Waals surface area contributed by atoms with E-state index < -0.39 is 10.8 Å². The number of carbonyl (C=O) groups excluding carboxylic acids is 1. The van der Waals surface area contributed by atoms with Gasteiger partial charge in [0.25, 0.3) is 0 Å². The van der Waals surface area contributed by atoms with Crippen LogP contribution in [-0.2, 0) is 14.9 Å².